The molecule has 124 valence electrons. The van der Waals surface area contributed by atoms with Gasteiger partial charge in [-0.05, 0) is 18.6 Å². The lowest BCUT2D eigenvalue weighted by Crippen LogP contribution is -2.30. The van der Waals surface area contributed by atoms with Crippen LogP contribution in [0.5, 0.6) is 0 Å². The molecule has 22 heavy (non-hydrogen) atoms. The number of benzene rings is 1. The maximum atomic E-state index is 12.6. The highest BCUT2D eigenvalue weighted by atomic mass is 32.3. The quantitative estimate of drug-likeness (QED) is 0.779. The van der Waals surface area contributed by atoms with Crippen molar-refractivity contribution in [2.45, 2.75) is 17.4 Å². The van der Waals surface area contributed by atoms with Crippen molar-refractivity contribution in [3.8, 4) is 0 Å². The highest BCUT2D eigenvalue weighted by Gasteiger charge is 2.30. The van der Waals surface area contributed by atoms with E-state index in [0.29, 0.717) is 18.1 Å². The second kappa shape index (κ2) is 7.08. The molecule has 3 atom stereocenters. The Hall–Kier alpha value is -0.960. The van der Waals surface area contributed by atoms with E-state index in [1.54, 1.807) is 30.3 Å². The van der Waals surface area contributed by atoms with Crippen LogP contribution < -0.4 is 0 Å². The molecule has 1 aliphatic rings. The number of nitrogens with zero attached hydrogens (tertiary/aromatic N) is 1. The molecule has 0 spiro atoms. The number of hydrogen-bond donors (Lipinski definition) is 0. The van der Waals surface area contributed by atoms with Crippen molar-refractivity contribution in [2.24, 2.45) is 9.69 Å². The van der Waals surface area contributed by atoms with Crippen molar-refractivity contribution in [2.75, 3.05) is 32.3 Å². The standard InChI is InChI=1S/C14H21NO5S2/c1-19-14(12-8-9-20-10-12)11-22(17,18)15-21(2,16)13-6-4-3-5-7-13/h3-7,12,14H,8-11H2,1-2H3. The first-order chi connectivity index (χ1) is 10.3. The molecule has 1 aliphatic heterocycles. The summed E-state index contributed by atoms with van der Waals surface area (Å²) in [6.07, 6.45) is 1.59. The first-order valence-corrected chi connectivity index (χ1v) is 10.5. The molecule has 6 nitrogen and oxygen atoms in total. The average Bonchev–Trinajstić information content (AvgIpc) is 2.99. The van der Waals surface area contributed by atoms with Crippen LogP contribution >= 0.6 is 0 Å². The van der Waals surface area contributed by atoms with Gasteiger partial charge in [0, 0.05) is 30.8 Å². The minimum Gasteiger partial charge on any atom is -0.381 e. The lowest BCUT2D eigenvalue weighted by molar-refractivity contribution is 0.0611. The van der Waals surface area contributed by atoms with Crippen molar-refractivity contribution < 1.29 is 22.1 Å². The number of methoxy groups -OCH3 is 1. The Morgan fingerprint density at radius 1 is 1.32 bits per heavy atom. The fourth-order valence-corrected chi connectivity index (χ4v) is 6.22. The predicted octanol–water partition coefficient (Wildman–Crippen LogP) is 1.52. The van der Waals surface area contributed by atoms with E-state index in [-0.39, 0.29) is 11.7 Å². The summed E-state index contributed by atoms with van der Waals surface area (Å²) in [5.74, 6) is -0.255. The minimum atomic E-state index is -3.87. The Morgan fingerprint density at radius 3 is 2.55 bits per heavy atom. The van der Waals surface area contributed by atoms with Crippen molar-refractivity contribution in [1.82, 2.24) is 0 Å². The van der Waals surface area contributed by atoms with Crippen molar-refractivity contribution in [3.63, 3.8) is 0 Å². The maximum absolute atomic E-state index is 12.6. The highest BCUT2D eigenvalue weighted by Crippen LogP contribution is 2.21. The fraction of sp³-hybridized carbons (Fsp3) is 0.571. The van der Waals surface area contributed by atoms with Crippen LogP contribution in [0.15, 0.2) is 39.0 Å². The van der Waals surface area contributed by atoms with E-state index in [2.05, 4.69) is 3.77 Å². The number of rotatable bonds is 6. The summed E-state index contributed by atoms with van der Waals surface area (Å²) in [5.41, 5.74) is 0. The molecule has 1 fully saturated rings. The average molecular weight is 347 g/mol. The Labute approximate surface area is 132 Å². The van der Waals surface area contributed by atoms with E-state index in [1.165, 1.54) is 13.4 Å². The van der Waals surface area contributed by atoms with Crippen molar-refractivity contribution in [3.05, 3.63) is 30.3 Å². The Morgan fingerprint density at radius 2 is 2.00 bits per heavy atom. The summed E-state index contributed by atoms with van der Waals surface area (Å²) in [4.78, 5) is 0.400. The van der Waals surface area contributed by atoms with Gasteiger partial charge in [0.15, 0.2) is 0 Å². The molecule has 1 aromatic carbocycles. The van der Waals surface area contributed by atoms with Crippen LogP contribution in [0.2, 0.25) is 0 Å². The van der Waals surface area contributed by atoms with E-state index in [1.807, 2.05) is 0 Å². The van der Waals surface area contributed by atoms with Crippen LogP contribution in [-0.2, 0) is 29.2 Å². The maximum Gasteiger partial charge on any atom is 0.263 e. The lowest BCUT2D eigenvalue weighted by atomic mass is 10.0. The Kier molecular flexibility index (Phi) is 5.60. The van der Waals surface area contributed by atoms with Crippen LogP contribution in [0.1, 0.15) is 6.42 Å². The van der Waals surface area contributed by atoms with Gasteiger partial charge in [-0.25, -0.2) is 12.6 Å². The van der Waals surface area contributed by atoms with E-state index in [9.17, 15) is 12.6 Å². The third-order valence-corrected chi connectivity index (χ3v) is 7.55. The van der Waals surface area contributed by atoms with Crippen molar-refractivity contribution in [1.29, 1.82) is 0 Å². The molecule has 0 aliphatic carbocycles. The fourth-order valence-electron chi connectivity index (χ4n) is 2.41. The van der Waals surface area contributed by atoms with Gasteiger partial charge < -0.3 is 9.47 Å². The van der Waals surface area contributed by atoms with Crippen LogP contribution in [0, 0.1) is 5.92 Å². The smallest absolute Gasteiger partial charge is 0.263 e. The van der Waals surface area contributed by atoms with E-state index < -0.39 is 25.9 Å². The number of hydrogen-bond acceptors (Lipinski definition) is 5. The molecule has 0 bridgehead atoms. The van der Waals surface area contributed by atoms with E-state index >= 15 is 0 Å². The Bertz CT molecular complexity index is 702. The SMILES string of the molecule is COC(CS(=O)(=O)N=S(C)(=O)c1ccccc1)C1CCOC1. The molecule has 8 heteroatoms. The monoisotopic (exact) mass is 347 g/mol. The zero-order valence-electron chi connectivity index (χ0n) is 12.7. The molecule has 1 aromatic rings. The van der Waals surface area contributed by atoms with Gasteiger partial charge in [-0.1, -0.05) is 18.2 Å². The molecule has 0 amide bonds. The first kappa shape index (κ1) is 17.4. The van der Waals surface area contributed by atoms with Gasteiger partial charge in [-0.2, -0.15) is 0 Å². The van der Waals surface area contributed by atoms with Crippen LogP contribution in [0.25, 0.3) is 0 Å². The first-order valence-electron chi connectivity index (χ1n) is 6.96. The third kappa shape index (κ3) is 4.52. The summed E-state index contributed by atoms with van der Waals surface area (Å²) in [6, 6.07) is 8.40. The molecule has 0 radical (unpaired) electrons. The van der Waals surface area contributed by atoms with E-state index in [0.717, 1.165) is 6.42 Å². The van der Waals surface area contributed by atoms with Crippen LogP contribution in [0.4, 0.5) is 0 Å². The van der Waals surface area contributed by atoms with E-state index in [4.69, 9.17) is 9.47 Å². The van der Waals surface area contributed by atoms with Gasteiger partial charge in [-0.3, -0.25) is 0 Å². The summed E-state index contributed by atoms with van der Waals surface area (Å²) >= 11 is 0. The summed E-state index contributed by atoms with van der Waals surface area (Å²) in [5, 5.41) is 0. The molecular formula is C14H21NO5S2. The van der Waals surface area contributed by atoms with Gasteiger partial charge in [0.1, 0.15) is 0 Å². The lowest BCUT2D eigenvalue weighted by Gasteiger charge is -2.19. The molecule has 0 N–H and O–H groups in total. The van der Waals surface area contributed by atoms with Crippen molar-refractivity contribution >= 4 is 19.8 Å². The zero-order chi connectivity index (χ0) is 16.2. The molecule has 0 aromatic heterocycles. The molecule has 0 saturated carbocycles. The van der Waals surface area contributed by atoms with Gasteiger partial charge in [-0.15, -0.1) is 3.77 Å². The van der Waals surface area contributed by atoms with Gasteiger partial charge >= 0.3 is 0 Å². The van der Waals surface area contributed by atoms with Crippen LogP contribution in [0.3, 0.4) is 0 Å². The normalized spacial score (nSPS) is 22.9. The topological polar surface area (TPSA) is 82.0 Å². The number of ether oxygens (including phenoxy) is 2. The third-order valence-electron chi connectivity index (χ3n) is 3.60. The summed E-state index contributed by atoms with van der Waals surface area (Å²) in [6.45, 7) is 1.09. The summed E-state index contributed by atoms with van der Waals surface area (Å²) in [7, 11) is -5.39. The Balaban J connectivity index is 2.22. The predicted molar refractivity (Wildman–Crippen MR) is 84.7 cm³/mol. The van der Waals surface area contributed by atoms with Gasteiger partial charge in [0.05, 0.1) is 28.2 Å². The second-order valence-corrected chi connectivity index (χ2v) is 9.51. The second-order valence-electron chi connectivity index (χ2n) is 5.34. The number of sulfonamides is 1. The van der Waals surface area contributed by atoms with Gasteiger partial charge in [0.2, 0.25) is 0 Å². The van der Waals surface area contributed by atoms with Crippen LogP contribution in [-0.4, -0.2) is 51.1 Å². The molecule has 1 saturated heterocycles. The largest absolute Gasteiger partial charge is 0.381 e. The minimum absolute atomic E-state index is 0.0274. The molecule has 3 unspecified atom stereocenters. The molecule has 2 rings (SSSR count). The van der Waals surface area contributed by atoms with Gasteiger partial charge in [0.25, 0.3) is 10.0 Å². The zero-order valence-corrected chi connectivity index (χ0v) is 14.3. The molecular weight excluding hydrogens is 326 g/mol. The molecule has 1 heterocycles. The summed E-state index contributed by atoms with van der Waals surface area (Å²) < 4.78 is 51.3. The highest BCUT2D eigenvalue weighted by molar-refractivity contribution is 8.03.